The molecule has 0 radical (unpaired) electrons. The summed E-state index contributed by atoms with van der Waals surface area (Å²) >= 11 is 0. The van der Waals surface area contributed by atoms with Gasteiger partial charge >= 0.3 is 0 Å². The van der Waals surface area contributed by atoms with E-state index in [1.54, 1.807) is 12.4 Å². The van der Waals surface area contributed by atoms with Gasteiger partial charge in [-0.05, 0) is 60.7 Å². The molecule has 0 aromatic carbocycles. The molecule has 2 aliphatic heterocycles. The van der Waals surface area contributed by atoms with Crippen molar-refractivity contribution in [2.75, 3.05) is 43.5 Å². The summed E-state index contributed by atoms with van der Waals surface area (Å²) in [5.41, 5.74) is 1.49. The number of anilines is 3. The maximum Gasteiger partial charge on any atom is 0.270 e. The second kappa shape index (κ2) is 12.2. The molecule has 3 aromatic rings. The minimum atomic E-state index is -0.155. The van der Waals surface area contributed by atoms with Gasteiger partial charge in [0, 0.05) is 56.8 Å². The van der Waals surface area contributed by atoms with Crippen LogP contribution in [0.3, 0.4) is 0 Å². The highest BCUT2D eigenvalue weighted by Crippen LogP contribution is 2.29. The van der Waals surface area contributed by atoms with E-state index >= 15 is 0 Å². The topological polar surface area (TPSA) is 128 Å². The lowest BCUT2D eigenvalue weighted by atomic mass is 9.98. The van der Waals surface area contributed by atoms with Gasteiger partial charge in [-0.25, -0.2) is 9.97 Å². The van der Waals surface area contributed by atoms with Crippen molar-refractivity contribution < 1.29 is 9.90 Å². The van der Waals surface area contributed by atoms with Gasteiger partial charge in [-0.15, -0.1) is 0 Å². The van der Waals surface area contributed by atoms with Gasteiger partial charge in [0.2, 0.25) is 5.95 Å². The average Bonchev–Trinajstić information content (AvgIpc) is 3.42. The number of fused-ring (bicyclic) bond motifs is 1. The van der Waals surface area contributed by atoms with Crippen LogP contribution in [0.1, 0.15) is 62.0 Å². The summed E-state index contributed by atoms with van der Waals surface area (Å²) in [6.45, 7) is 10.2. The molecule has 0 saturated carbocycles. The Hall–Kier alpha value is -3.37. The van der Waals surface area contributed by atoms with Gasteiger partial charge in [-0.3, -0.25) is 9.78 Å². The summed E-state index contributed by atoms with van der Waals surface area (Å²) in [5.74, 6) is 2.86. The number of amides is 1. The largest absolute Gasteiger partial charge is 0.400 e. The van der Waals surface area contributed by atoms with Crippen LogP contribution in [0.5, 0.6) is 0 Å². The van der Waals surface area contributed by atoms with E-state index in [1.165, 1.54) is 6.42 Å². The number of pyridine rings is 2. The summed E-state index contributed by atoms with van der Waals surface area (Å²) in [6.07, 6.45) is 8.69. The lowest BCUT2D eigenvalue weighted by Crippen LogP contribution is -2.36. The highest BCUT2D eigenvalue weighted by Gasteiger charge is 2.22. The number of hydrogen-bond donors (Lipinski definition) is 4. The van der Waals surface area contributed by atoms with E-state index < -0.39 is 0 Å². The van der Waals surface area contributed by atoms with Crippen LogP contribution < -0.4 is 20.9 Å². The third-order valence-electron chi connectivity index (χ3n) is 6.87. The quantitative estimate of drug-likeness (QED) is 0.398. The number of piperidine rings is 1. The summed E-state index contributed by atoms with van der Waals surface area (Å²) < 4.78 is 0. The Kier molecular flexibility index (Phi) is 8.83. The Morgan fingerprint density at radius 3 is 2.70 bits per heavy atom. The zero-order valence-corrected chi connectivity index (χ0v) is 22.2. The first-order valence-electron chi connectivity index (χ1n) is 13.1. The Morgan fingerprint density at radius 2 is 1.97 bits per heavy atom. The van der Waals surface area contributed by atoms with Gasteiger partial charge in [0.05, 0.1) is 0 Å². The summed E-state index contributed by atoms with van der Waals surface area (Å²) in [5, 5.41) is 18.5. The zero-order chi connectivity index (χ0) is 26.4. The van der Waals surface area contributed by atoms with E-state index in [9.17, 15) is 4.79 Å². The third kappa shape index (κ3) is 6.31. The molecule has 2 fully saturated rings. The van der Waals surface area contributed by atoms with E-state index in [1.807, 2.05) is 18.3 Å². The molecule has 198 valence electrons. The predicted octanol–water partition coefficient (Wildman–Crippen LogP) is 3.22. The first kappa shape index (κ1) is 26.7. The van der Waals surface area contributed by atoms with Crippen molar-refractivity contribution in [2.24, 2.45) is 5.92 Å². The minimum absolute atomic E-state index is 0.132. The normalized spacial score (nSPS) is 19.5. The lowest BCUT2D eigenvalue weighted by Gasteiger charge is -2.30. The molecule has 10 nitrogen and oxygen atoms in total. The molecule has 4 N–H and O–H groups in total. The molecule has 2 saturated heterocycles. The monoisotopic (exact) mass is 506 g/mol. The van der Waals surface area contributed by atoms with Crippen LogP contribution in [0.25, 0.3) is 10.8 Å². The van der Waals surface area contributed by atoms with Crippen LogP contribution in [-0.4, -0.2) is 70.3 Å². The van der Waals surface area contributed by atoms with Crippen LogP contribution in [0.2, 0.25) is 0 Å². The van der Waals surface area contributed by atoms with Crippen LogP contribution in [0.4, 0.5) is 17.6 Å². The van der Waals surface area contributed by atoms with Crippen molar-refractivity contribution in [1.82, 2.24) is 30.6 Å². The predicted molar refractivity (Wildman–Crippen MR) is 146 cm³/mol. The number of nitrogens with one attached hydrogen (secondary N) is 3. The van der Waals surface area contributed by atoms with Crippen LogP contribution in [-0.2, 0) is 0 Å². The number of nitrogens with zero attached hydrogens (tertiary/aromatic N) is 5. The molecule has 0 bridgehead atoms. The van der Waals surface area contributed by atoms with Crippen molar-refractivity contribution in [3.63, 3.8) is 0 Å². The van der Waals surface area contributed by atoms with Gasteiger partial charge in [0.1, 0.15) is 17.3 Å². The molecule has 37 heavy (non-hydrogen) atoms. The smallest absolute Gasteiger partial charge is 0.270 e. The molecule has 2 unspecified atom stereocenters. The first-order valence-corrected chi connectivity index (χ1v) is 13.1. The van der Waals surface area contributed by atoms with Crippen LogP contribution >= 0.6 is 0 Å². The number of rotatable bonds is 6. The minimum Gasteiger partial charge on any atom is -0.400 e. The third-order valence-corrected chi connectivity index (χ3v) is 6.87. The van der Waals surface area contributed by atoms with Crippen molar-refractivity contribution >= 4 is 34.3 Å². The van der Waals surface area contributed by atoms with Crippen LogP contribution in [0, 0.1) is 5.92 Å². The summed E-state index contributed by atoms with van der Waals surface area (Å²) in [4.78, 5) is 33.7. The number of aliphatic hydroxyl groups is 1. The van der Waals surface area contributed by atoms with Crippen molar-refractivity contribution in [3.8, 4) is 0 Å². The van der Waals surface area contributed by atoms with Gasteiger partial charge in [0.15, 0.2) is 0 Å². The fraction of sp³-hybridized carbons (Fsp3) is 0.519. The maximum absolute atomic E-state index is 13.0. The zero-order valence-electron chi connectivity index (χ0n) is 22.2. The van der Waals surface area contributed by atoms with E-state index in [0.717, 1.165) is 68.4 Å². The maximum atomic E-state index is 13.0. The number of aromatic nitrogens is 4. The standard InChI is InChI=1S/C26H34N8O.CH4O/c1-16(2)20-13-30-24(25(35)31-18-6-8-27-12-18)21-14-29-23(11-19(20)21)32-22-7-9-28-26(33-22)34-10-4-5-17(3)15-34;1-2/h7,9,11,13-14,16-18,27H,4-6,8,10,12,15H2,1-3H3,(H,31,35)(H,28,29,32,33);2H,1H3. The Bertz CT molecular complexity index is 1210. The van der Waals surface area contributed by atoms with Crippen molar-refractivity contribution in [3.05, 3.63) is 42.0 Å². The molecular formula is C27H38N8O2. The number of carbonyl (C=O) groups is 1. The number of carbonyl (C=O) groups excluding carboxylic acids is 1. The molecule has 1 amide bonds. The summed E-state index contributed by atoms with van der Waals surface area (Å²) in [7, 11) is 1.00. The van der Waals surface area contributed by atoms with Gasteiger partial charge in [0.25, 0.3) is 5.91 Å². The Balaban J connectivity index is 0.00000156. The average molecular weight is 507 g/mol. The fourth-order valence-electron chi connectivity index (χ4n) is 4.97. The van der Waals surface area contributed by atoms with Crippen LogP contribution in [0.15, 0.2) is 30.7 Å². The molecule has 0 aliphatic carbocycles. The number of hydrogen-bond acceptors (Lipinski definition) is 9. The molecule has 5 heterocycles. The van der Waals surface area contributed by atoms with E-state index in [-0.39, 0.29) is 17.9 Å². The van der Waals surface area contributed by atoms with Gasteiger partial charge in [-0.2, -0.15) is 4.98 Å². The molecule has 5 rings (SSSR count). The SMILES string of the molecule is CC1CCCN(c2nccc(Nc3cc4c(C(C)C)cnc(C(=O)NC5CCNC5)c4cn3)n2)C1.CO. The summed E-state index contributed by atoms with van der Waals surface area (Å²) in [6, 6.07) is 3.98. The molecule has 2 aliphatic rings. The molecule has 3 aromatic heterocycles. The Labute approximate surface area is 218 Å². The second-order valence-electron chi connectivity index (χ2n) is 10.1. The lowest BCUT2D eigenvalue weighted by molar-refractivity contribution is 0.0937. The van der Waals surface area contributed by atoms with E-state index in [4.69, 9.17) is 10.1 Å². The second-order valence-corrected chi connectivity index (χ2v) is 10.1. The van der Waals surface area contributed by atoms with E-state index in [2.05, 4.69) is 56.6 Å². The highest BCUT2D eigenvalue weighted by molar-refractivity contribution is 6.06. The highest BCUT2D eigenvalue weighted by atomic mass is 16.2. The van der Waals surface area contributed by atoms with Gasteiger partial charge in [-0.1, -0.05) is 20.8 Å². The molecule has 10 heteroatoms. The Morgan fingerprint density at radius 1 is 1.14 bits per heavy atom. The van der Waals surface area contributed by atoms with Crippen molar-refractivity contribution in [2.45, 2.75) is 52.0 Å². The van der Waals surface area contributed by atoms with Crippen molar-refractivity contribution in [1.29, 1.82) is 0 Å². The van der Waals surface area contributed by atoms with E-state index in [0.29, 0.717) is 23.2 Å². The van der Waals surface area contributed by atoms with Gasteiger partial charge < -0.3 is 26.0 Å². The number of aliphatic hydroxyl groups excluding tert-OH is 1. The fourth-order valence-corrected chi connectivity index (χ4v) is 4.97. The molecule has 0 spiro atoms. The molecule has 2 atom stereocenters. The molecular weight excluding hydrogens is 468 g/mol. The first-order chi connectivity index (χ1) is 18.0.